The minimum atomic E-state index is -0.660. The Balaban J connectivity index is 1.59. The predicted molar refractivity (Wildman–Crippen MR) is 137 cm³/mol. The number of aromatic nitrogens is 7. The molecule has 0 bridgehead atoms. The summed E-state index contributed by atoms with van der Waals surface area (Å²) in [5.74, 6) is -1.22. The van der Waals surface area contributed by atoms with Crippen molar-refractivity contribution in [3.63, 3.8) is 0 Å². The van der Waals surface area contributed by atoms with Gasteiger partial charge in [-0.3, -0.25) is 9.59 Å². The minimum Gasteiger partial charge on any atom is -0.464 e. The van der Waals surface area contributed by atoms with Gasteiger partial charge in [0.2, 0.25) is 5.82 Å². The number of carbonyl (C=O) groups is 2. The molecular formula is C26H29FN8O3. The number of pyridine rings is 1. The highest BCUT2D eigenvalue weighted by Crippen LogP contribution is 2.25. The zero-order valence-electron chi connectivity index (χ0n) is 22.1. The lowest BCUT2D eigenvalue weighted by atomic mass is 9.93. The summed E-state index contributed by atoms with van der Waals surface area (Å²) >= 11 is 0. The standard InChI is InChI=1S/C26H29FN8O3/c1-15-10-19(27)18(11-21(15)34-12-22(28-14-34)26(4,5)6)25(37)30-23-9-7-8-20(29-23)24-31-32-33-35(24)16(2)13-38-17(3)36/h7-12,14,16H,13H2,1-6H3,(H,29,30,37)/t16-/m1/s1. The average Bonchev–Trinajstić information content (AvgIpc) is 3.53. The molecule has 1 aromatic carbocycles. The zero-order chi connectivity index (χ0) is 27.6. The lowest BCUT2D eigenvalue weighted by Gasteiger charge is -2.15. The van der Waals surface area contributed by atoms with E-state index in [0.717, 1.165) is 5.69 Å². The normalized spacial score (nSPS) is 12.3. The van der Waals surface area contributed by atoms with Crippen LogP contribution in [0.25, 0.3) is 17.2 Å². The van der Waals surface area contributed by atoms with Crippen molar-refractivity contribution in [2.75, 3.05) is 11.9 Å². The second-order valence-corrected chi connectivity index (χ2v) is 10.00. The number of hydrogen-bond donors (Lipinski definition) is 1. The molecule has 38 heavy (non-hydrogen) atoms. The van der Waals surface area contributed by atoms with E-state index in [1.54, 1.807) is 42.9 Å². The van der Waals surface area contributed by atoms with E-state index >= 15 is 0 Å². The van der Waals surface area contributed by atoms with Gasteiger partial charge >= 0.3 is 5.97 Å². The highest BCUT2D eigenvalue weighted by Gasteiger charge is 2.21. The number of tetrazole rings is 1. The van der Waals surface area contributed by atoms with Crippen molar-refractivity contribution in [1.82, 2.24) is 34.7 Å². The molecule has 0 radical (unpaired) electrons. The zero-order valence-corrected chi connectivity index (χ0v) is 22.1. The Kier molecular flexibility index (Phi) is 7.33. The van der Waals surface area contributed by atoms with Crippen LogP contribution in [0.2, 0.25) is 0 Å². The van der Waals surface area contributed by atoms with Crippen LogP contribution in [-0.2, 0) is 14.9 Å². The van der Waals surface area contributed by atoms with Crippen LogP contribution < -0.4 is 5.32 Å². The molecule has 0 saturated carbocycles. The third kappa shape index (κ3) is 5.74. The summed E-state index contributed by atoms with van der Waals surface area (Å²) in [6, 6.07) is 7.39. The van der Waals surface area contributed by atoms with Gasteiger partial charge in [-0.05, 0) is 54.1 Å². The van der Waals surface area contributed by atoms with Gasteiger partial charge in [0.1, 0.15) is 23.9 Å². The number of carbonyl (C=O) groups excluding carboxylic acids is 2. The number of esters is 1. The predicted octanol–water partition coefficient (Wildman–Crippen LogP) is 4.04. The minimum absolute atomic E-state index is 0.0764. The largest absolute Gasteiger partial charge is 0.464 e. The fraction of sp³-hybridized carbons (Fsp3) is 0.346. The number of nitrogens with one attached hydrogen (secondary N) is 1. The van der Waals surface area contributed by atoms with Crippen molar-refractivity contribution in [1.29, 1.82) is 0 Å². The summed E-state index contributed by atoms with van der Waals surface area (Å²) in [4.78, 5) is 33.2. The molecule has 1 N–H and O–H groups in total. The molecule has 4 aromatic rings. The number of amides is 1. The van der Waals surface area contributed by atoms with Crippen LogP contribution in [-0.4, -0.2) is 53.2 Å². The molecule has 0 aliphatic heterocycles. The van der Waals surface area contributed by atoms with Gasteiger partial charge in [-0.15, -0.1) is 5.10 Å². The van der Waals surface area contributed by atoms with Crippen LogP contribution in [0, 0.1) is 12.7 Å². The van der Waals surface area contributed by atoms with E-state index in [2.05, 4.69) is 51.6 Å². The summed E-state index contributed by atoms with van der Waals surface area (Å²) in [5, 5.41) is 14.3. The Hall–Kier alpha value is -4.48. The van der Waals surface area contributed by atoms with Crippen LogP contribution >= 0.6 is 0 Å². The number of hydrogen-bond acceptors (Lipinski definition) is 8. The molecule has 1 amide bonds. The maximum atomic E-state index is 14.9. The lowest BCUT2D eigenvalue weighted by molar-refractivity contribution is -0.142. The molecule has 0 saturated heterocycles. The molecule has 198 valence electrons. The SMILES string of the molecule is CC(=O)OC[C@@H](C)n1nnnc1-c1cccc(NC(=O)c2cc(-n3cnc(C(C)(C)C)c3)c(C)cc2F)n1. The molecule has 3 heterocycles. The number of ether oxygens (including phenoxy) is 1. The number of aryl methyl sites for hydroxylation is 1. The number of rotatable bonds is 7. The van der Waals surface area contributed by atoms with Crippen molar-refractivity contribution >= 4 is 17.7 Å². The molecule has 0 aliphatic carbocycles. The van der Waals surface area contributed by atoms with Gasteiger partial charge in [0.15, 0.2) is 0 Å². The first-order valence-corrected chi connectivity index (χ1v) is 12.0. The van der Waals surface area contributed by atoms with E-state index in [0.29, 0.717) is 22.8 Å². The summed E-state index contributed by atoms with van der Waals surface area (Å²) in [7, 11) is 0. The van der Waals surface area contributed by atoms with E-state index in [9.17, 15) is 14.0 Å². The molecule has 0 fully saturated rings. The van der Waals surface area contributed by atoms with Crippen LogP contribution in [0.5, 0.6) is 0 Å². The van der Waals surface area contributed by atoms with Gasteiger partial charge in [0.25, 0.3) is 5.91 Å². The maximum Gasteiger partial charge on any atom is 0.302 e. The number of imidazole rings is 1. The van der Waals surface area contributed by atoms with Crippen LogP contribution in [0.3, 0.4) is 0 Å². The number of benzene rings is 1. The monoisotopic (exact) mass is 520 g/mol. The van der Waals surface area contributed by atoms with Gasteiger partial charge in [-0.1, -0.05) is 26.8 Å². The molecule has 0 spiro atoms. The number of nitrogens with zero attached hydrogens (tertiary/aromatic N) is 7. The number of anilines is 1. The van der Waals surface area contributed by atoms with Gasteiger partial charge in [0.05, 0.1) is 29.3 Å². The van der Waals surface area contributed by atoms with Crippen molar-refractivity contribution in [3.8, 4) is 17.2 Å². The van der Waals surface area contributed by atoms with Crippen LogP contribution in [0.15, 0.2) is 42.9 Å². The van der Waals surface area contributed by atoms with Gasteiger partial charge in [-0.2, -0.15) is 0 Å². The average molecular weight is 521 g/mol. The first-order valence-electron chi connectivity index (χ1n) is 12.0. The van der Waals surface area contributed by atoms with Crippen LogP contribution in [0.4, 0.5) is 10.2 Å². The Morgan fingerprint density at radius 3 is 2.66 bits per heavy atom. The highest BCUT2D eigenvalue weighted by atomic mass is 19.1. The molecule has 0 unspecified atom stereocenters. The lowest BCUT2D eigenvalue weighted by Crippen LogP contribution is -2.18. The molecule has 0 aliphatic rings. The Morgan fingerprint density at radius 2 is 1.97 bits per heavy atom. The molecule has 1 atom stereocenters. The topological polar surface area (TPSA) is 130 Å². The van der Waals surface area contributed by atoms with Crippen molar-refractivity contribution in [2.45, 2.75) is 53.0 Å². The van der Waals surface area contributed by atoms with Gasteiger partial charge in [-0.25, -0.2) is 19.0 Å². The summed E-state index contributed by atoms with van der Waals surface area (Å²) in [6.07, 6.45) is 3.53. The van der Waals surface area contributed by atoms with Crippen LogP contribution in [0.1, 0.15) is 62.3 Å². The first-order chi connectivity index (χ1) is 17.9. The second-order valence-electron chi connectivity index (χ2n) is 10.00. The van der Waals surface area contributed by atoms with E-state index in [-0.39, 0.29) is 29.4 Å². The molecular weight excluding hydrogens is 491 g/mol. The number of halogens is 1. The van der Waals surface area contributed by atoms with E-state index in [1.165, 1.54) is 23.7 Å². The van der Waals surface area contributed by atoms with E-state index in [1.807, 2.05) is 6.20 Å². The Morgan fingerprint density at radius 1 is 1.21 bits per heavy atom. The molecule has 4 rings (SSSR count). The molecule has 3 aromatic heterocycles. The summed E-state index contributed by atoms with van der Waals surface area (Å²) in [5.41, 5.74) is 2.25. The van der Waals surface area contributed by atoms with Gasteiger partial charge < -0.3 is 14.6 Å². The molecule has 11 nitrogen and oxygen atoms in total. The highest BCUT2D eigenvalue weighted by molar-refractivity contribution is 6.04. The van der Waals surface area contributed by atoms with E-state index < -0.39 is 17.7 Å². The van der Waals surface area contributed by atoms with Crippen molar-refractivity contribution < 1.29 is 18.7 Å². The Labute approximate surface area is 219 Å². The third-order valence-electron chi connectivity index (χ3n) is 5.82. The second kappa shape index (κ2) is 10.5. The van der Waals surface area contributed by atoms with Crippen molar-refractivity contribution in [2.24, 2.45) is 0 Å². The summed E-state index contributed by atoms with van der Waals surface area (Å²) in [6.45, 7) is 11.1. The van der Waals surface area contributed by atoms with E-state index in [4.69, 9.17) is 4.74 Å². The third-order valence-corrected chi connectivity index (χ3v) is 5.82. The quantitative estimate of drug-likeness (QED) is 0.362. The fourth-order valence-electron chi connectivity index (χ4n) is 3.74. The first kappa shape index (κ1) is 26.6. The maximum absolute atomic E-state index is 14.9. The summed E-state index contributed by atoms with van der Waals surface area (Å²) < 4.78 is 23.2. The smallest absolute Gasteiger partial charge is 0.302 e. The fourth-order valence-corrected chi connectivity index (χ4v) is 3.74. The van der Waals surface area contributed by atoms with Crippen molar-refractivity contribution in [3.05, 3.63) is 65.5 Å². The Bertz CT molecular complexity index is 1490. The van der Waals surface area contributed by atoms with Gasteiger partial charge in [0, 0.05) is 18.5 Å². The molecule has 12 heteroatoms.